The monoisotopic (exact) mass is 652 g/mol. The molecule has 9 rings (SSSR count). The number of nitrogens with zero attached hydrogens (tertiary/aromatic N) is 2. The Balaban J connectivity index is 1.17. The Morgan fingerprint density at radius 3 is 1.37 bits per heavy atom. The van der Waals surface area contributed by atoms with Gasteiger partial charge in [0, 0.05) is 27.8 Å². The summed E-state index contributed by atoms with van der Waals surface area (Å²) in [7, 11) is 0. The number of rotatable bonds is 6. The van der Waals surface area contributed by atoms with Crippen LogP contribution >= 0.6 is 0 Å². The molecule has 0 radical (unpaired) electrons. The number of ketones is 1. The summed E-state index contributed by atoms with van der Waals surface area (Å²) in [5.41, 5.74) is 12.0. The second kappa shape index (κ2) is 12.6. The lowest BCUT2D eigenvalue weighted by atomic mass is 9.59. The molecule has 1 heterocycles. The molecule has 51 heavy (non-hydrogen) atoms. The molecule has 0 spiro atoms. The molecular formula is C48H32N2O. The van der Waals surface area contributed by atoms with Gasteiger partial charge in [-0.15, -0.1) is 0 Å². The number of hydrogen-bond donors (Lipinski definition) is 0. The van der Waals surface area contributed by atoms with E-state index in [9.17, 15) is 4.79 Å². The third kappa shape index (κ3) is 5.19. The fourth-order valence-corrected chi connectivity index (χ4v) is 7.62. The van der Waals surface area contributed by atoms with Gasteiger partial charge in [0.2, 0.25) is 0 Å². The highest BCUT2D eigenvalue weighted by molar-refractivity contribution is 6.14. The van der Waals surface area contributed by atoms with Crippen LogP contribution in [0.5, 0.6) is 0 Å². The molecule has 3 nitrogen and oxygen atoms in total. The van der Waals surface area contributed by atoms with Crippen LogP contribution in [0.2, 0.25) is 0 Å². The van der Waals surface area contributed by atoms with Crippen LogP contribution in [0.15, 0.2) is 194 Å². The summed E-state index contributed by atoms with van der Waals surface area (Å²) >= 11 is 0. The van der Waals surface area contributed by atoms with E-state index in [0.29, 0.717) is 5.82 Å². The molecular weight excluding hydrogens is 621 g/mol. The first-order chi connectivity index (χ1) is 25.2. The van der Waals surface area contributed by atoms with Crippen molar-refractivity contribution in [2.75, 3.05) is 0 Å². The normalized spacial score (nSPS) is 12.9. The van der Waals surface area contributed by atoms with Crippen LogP contribution in [0.3, 0.4) is 0 Å². The van der Waals surface area contributed by atoms with Crippen molar-refractivity contribution in [2.45, 2.75) is 5.41 Å². The van der Waals surface area contributed by atoms with E-state index in [0.717, 1.165) is 72.6 Å². The Hall–Kier alpha value is -6.71. The third-order valence-corrected chi connectivity index (χ3v) is 10.00. The zero-order chi connectivity index (χ0) is 34.2. The molecule has 240 valence electrons. The first kappa shape index (κ1) is 30.4. The number of carbonyl (C=O) groups excluding carboxylic acids is 1. The van der Waals surface area contributed by atoms with Gasteiger partial charge in [0.15, 0.2) is 11.6 Å². The summed E-state index contributed by atoms with van der Waals surface area (Å²) in [5.74, 6) is 0.743. The molecule has 0 atom stereocenters. The summed E-state index contributed by atoms with van der Waals surface area (Å²) < 4.78 is 0. The van der Waals surface area contributed by atoms with Crippen molar-refractivity contribution in [2.24, 2.45) is 0 Å². The fraction of sp³-hybridized carbons (Fsp3) is 0.0208. The van der Waals surface area contributed by atoms with E-state index >= 15 is 0 Å². The lowest BCUT2D eigenvalue weighted by Gasteiger charge is -2.41. The van der Waals surface area contributed by atoms with Crippen molar-refractivity contribution in [3.63, 3.8) is 0 Å². The van der Waals surface area contributed by atoms with Gasteiger partial charge in [-0.2, -0.15) is 0 Å². The molecule has 0 fully saturated rings. The van der Waals surface area contributed by atoms with E-state index in [-0.39, 0.29) is 5.78 Å². The molecule has 3 heteroatoms. The molecule has 0 N–H and O–H groups in total. The van der Waals surface area contributed by atoms with Gasteiger partial charge in [-0.25, -0.2) is 9.97 Å². The SMILES string of the molecule is O=C1c2ccccc2C(c2ccccc2)(c2ccc(-c3cccc(-c4nc(-c5ccccc5)cc(-c5ccccc5)n4)c3)cc2)c2ccccc21. The van der Waals surface area contributed by atoms with E-state index in [1.54, 1.807) is 0 Å². The van der Waals surface area contributed by atoms with E-state index in [4.69, 9.17) is 9.97 Å². The summed E-state index contributed by atoms with van der Waals surface area (Å²) in [6.07, 6.45) is 0. The predicted octanol–water partition coefficient (Wildman–Crippen LogP) is 11.1. The van der Waals surface area contributed by atoms with Crippen LogP contribution in [0.25, 0.3) is 45.0 Å². The molecule has 0 bridgehead atoms. The van der Waals surface area contributed by atoms with Gasteiger partial charge in [0.05, 0.1) is 16.8 Å². The number of fused-ring (bicyclic) bond motifs is 2. The smallest absolute Gasteiger partial charge is 0.193 e. The molecule has 1 aliphatic rings. The average molecular weight is 653 g/mol. The van der Waals surface area contributed by atoms with Crippen molar-refractivity contribution >= 4 is 5.78 Å². The Bertz CT molecular complexity index is 2420. The Morgan fingerprint density at radius 2 is 0.804 bits per heavy atom. The quantitative estimate of drug-likeness (QED) is 0.180. The summed E-state index contributed by atoms with van der Waals surface area (Å²) in [6.45, 7) is 0. The maximum Gasteiger partial charge on any atom is 0.193 e. The first-order valence-corrected chi connectivity index (χ1v) is 17.2. The molecule has 0 unspecified atom stereocenters. The lowest BCUT2D eigenvalue weighted by molar-refractivity contribution is 0.103. The molecule has 1 aliphatic carbocycles. The van der Waals surface area contributed by atoms with Crippen LogP contribution in [-0.2, 0) is 5.41 Å². The van der Waals surface area contributed by atoms with Crippen molar-refractivity contribution < 1.29 is 4.79 Å². The number of hydrogen-bond acceptors (Lipinski definition) is 3. The third-order valence-electron chi connectivity index (χ3n) is 10.00. The molecule has 8 aromatic rings. The van der Waals surface area contributed by atoms with Gasteiger partial charge in [0.25, 0.3) is 0 Å². The molecule has 0 saturated heterocycles. The van der Waals surface area contributed by atoms with E-state index in [1.807, 2.05) is 78.9 Å². The number of benzene rings is 7. The standard InChI is InChI=1S/C48H32N2O/c51-46-40-23-10-12-25-42(40)48(38-21-8-3-9-22-38,43-26-13-11-24-41(43)46)39-29-27-33(28-30-39)36-19-14-20-37(31-36)47-49-44(34-15-4-1-5-16-34)32-45(50-47)35-17-6-2-7-18-35/h1-32H. The second-order valence-corrected chi connectivity index (χ2v) is 12.9. The van der Waals surface area contributed by atoms with Crippen LogP contribution in [-0.4, -0.2) is 15.8 Å². The second-order valence-electron chi connectivity index (χ2n) is 12.9. The van der Waals surface area contributed by atoms with Crippen molar-refractivity contribution in [3.8, 4) is 45.0 Å². The molecule has 7 aromatic carbocycles. The zero-order valence-corrected chi connectivity index (χ0v) is 27.8. The largest absolute Gasteiger partial charge is 0.289 e. The maximum absolute atomic E-state index is 13.8. The minimum atomic E-state index is -0.664. The van der Waals surface area contributed by atoms with Crippen LogP contribution in [0.4, 0.5) is 0 Å². The first-order valence-electron chi connectivity index (χ1n) is 17.2. The van der Waals surface area contributed by atoms with E-state index in [2.05, 4.69) is 115 Å². The lowest BCUT2D eigenvalue weighted by Crippen LogP contribution is -2.38. The number of aromatic nitrogens is 2. The molecule has 0 saturated carbocycles. The topological polar surface area (TPSA) is 42.9 Å². The zero-order valence-electron chi connectivity index (χ0n) is 27.8. The summed E-state index contributed by atoms with van der Waals surface area (Å²) in [5, 5.41) is 0. The minimum absolute atomic E-state index is 0.0650. The van der Waals surface area contributed by atoms with Crippen LogP contribution < -0.4 is 0 Å². The summed E-state index contributed by atoms with van der Waals surface area (Å²) in [4.78, 5) is 24.0. The predicted molar refractivity (Wildman–Crippen MR) is 206 cm³/mol. The maximum atomic E-state index is 13.8. The van der Waals surface area contributed by atoms with Gasteiger partial charge in [0.1, 0.15) is 0 Å². The Morgan fingerprint density at radius 1 is 0.353 bits per heavy atom. The molecule has 0 amide bonds. The highest BCUT2D eigenvalue weighted by Crippen LogP contribution is 2.51. The van der Waals surface area contributed by atoms with Crippen LogP contribution in [0.1, 0.15) is 38.2 Å². The van der Waals surface area contributed by atoms with E-state index < -0.39 is 5.41 Å². The van der Waals surface area contributed by atoms with E-state index in [1.165, 1.54) is 0 Å². The highest BCUT2D eigenvalue weighted by Gasteiger charge is 2.46. The van der Waals surface area contributed by atoms with Gasteiger partial charge in [-0.3, -0.25) is 4.79 Å². The average Bonchev–Trinajstić information content (AvgIpc) is 3.22. The van der Waals surface area contributed by atoms with Crippen LogP contribution in [0, 0.1) is 0 Å². The van der Waals surface area contributed by atoms with Gasteiger partial charge < -0.3 is 0 Å². The number of carbonyl (C=O) groups is 1. The summed E-state index contributed by atoms with van der Waals surface area (Å²) in [6, 6.07) is 66.5. The molecule has 0 aliphatic heterocycles. The van der Waals surface area contributed by atoms with Gasteiger partial charge in [-0.05, 0) is 45.5 Å². The van der Waals surface area contributed by atoms with Crippen molar-refractivity contribution in [1.29, 1.82) is 0 Å². The fourth-order valence-electron chi connectivity index (χ4n) is 7.62. The highest BCUT2D eigenvalue weighted by atomic mass is 16.1. The van der Waals surface area contributed by atoms with Gasteiger partial charge >= 0.3 is 0 Å². The van der Waals surface area contributed by atoms with Crippen molar-refractivity contribution in [1.82, 2.24) is 9.97 Å². The van der Waals surface area contributed by atoms with Crippen molar-refractivity contribution in [3.05, 3.63) is 228 Å². The minimum Gasteiger partial charge on any atom is -0.289 e. The molecule has 1 aromatic heterocycles. The van der Waals surface area contributed by atoms with Gasteiger partial charge in [-0.1, -0.05) is 182 Å². The Labute approximate surface area is 297 Å². The Kier molecular flexibility index (Phi) is 7.52.